The van der Waals surface area contributed by atoms with Crippen molar-refractivity contribution in [3.63, 3.8) is 0 Å². The standard InChI is InChI=1S/C10H6F3N/c11-8-5-7(6-9(12)10(8)13)14-3-1-2-4-14/h1-6H. The summed E-state index contributed by atoms with van der Waals surface area (Å²) >= 11 is 0. The molecule has 1 heterocycles. The van der Waals surface area contributed by atoms with E-state index < -0.39 is 17.5 Å². The maximum Gasteiger partial charge on any atom is 0.194 e. The minimum absolute atomic E-state index is 0.256. The van der Waals surface area contributed by atoms with Crippen LogP contribution in [0.1, 0.15) is 0 Å². The van der Waals surface area contributed by atoms with Gasteiger partial charge in [0.05, 0.1) is 5.69 Å². The van der Waals surface area contributed by atoms with E-state index in [1.165, 1.54) is 4.57 Å². The first-order valence-corrected chi connectivity index (χ1v) is 3.96. The summed E-state index contributed by atoms with van der Waals surface area (Å²) in [5.74, 6) is -3.82. The molecule has 0 saturated heterocycles. The first-order valence-electron chi connectivity index (χ1n) is 3.96. The van der Waals surface area contributed by atoms with Crippen LogP contribution in [0, 0.1) is 17.5 Å². The molecule has 0 fully saturated rings. The maximum absolute atomic E-state index is 12.8. The molecule has 0 atom stereocenters. The molecule has 0 N–H and O–H groups in total. The van der Waals surface area contributed by atoms with Gasteiger partial charge in [-0.05, 0) is 12.1 Å². The summed E-state index contributed by atoms with van der Waals surface area (Å²) in [6.07, 6.45) is 3.23. The minimum atomic E-state index is -1.44. The molecule has 1 nitrogen and oxygen atoms in total. The van der Waals surface area contributed by atoms with Crippen LogP contribution in [0.5, 0.6) is 0 Å². The number of hydrogen-bond acceptors (Lipinski definition) is 0. The van der Waals surface area contributed by atoms with Crippen molar-refractivity contribution in [1.82, 2.24) is 4.57 Å². The zero-order valence-corrected chi connectivity index (χ0v) is 7.05. The number of benzene rings is 1. The highest BCUT2D eigenvalue weighted by Gasteiger charge is 2.10. The molecule has 0 aliphatic rings. The van der Waals surface area contributed by atoms with E-state index in [0.717, 1.165) is 12.1 Å². The summed E-state index contributed by atoms with van der Waals surface area (Å²) in [5.41, 5.74) is 0.256. The highest BCUT2D eigenvalue weighted by molar-refractivity contribution is 5.34. The topological polar surface area (TPSA) is 4.93 Å². The van der Waals surface area contributed by atoms with Gasteiger partial charge in [-0.3, -0.25) is 0 Å². The molecule has 0 amide bonds. The highest BCUT2D eigenvalue weighted by Crippen LogP contribution is 2.16. The average molecular weight is 197 g/mol. The zero-order chi connectivity index (χ0) is 10.1. The number of aromatic nitrogens is 1. The number of hydrogen-bond donors (Lipinski definition) is 0. The molecular formula is C10H6F3N. The predicted molar refractivity (Wildman–Crippen MR) is 45.6 cm³/mol. The van der Waals surface area contributed by atoms with Crippen molar-refractivity contribution in [2.45, 2.75) is 0 Å². The fourth-order valence-electron chi connectivity index (χ4n) is 1.20. The fourth-order valence-corrected chi connectivity index (χ4v) is 1.20. The molecule has 2 aromatic rings. The zero-order valence-electron chi connectivity index (χ0n) is 7.05. The average Bonchev–Trinajstić information content (AvgIpc) is 2.66. The molecule has 0 spiro atoms. The lowest BCUT2D eigenvalue weighted by Gasteiger charge is -2.03. The van der Waals surface area contributed by atoms with Crippen molar-refractivity contribution in [3.8, 4) is 5.69 Å². The van der Waals surface area contributed by atoms with E-state index in [0.29, 0.717) is 0 Å². The molecule has 0 saturated carbocycles. The fraction of sp³-hybridized carbons (Fsp3) is 0. The first-order chi connectivity index (χ1) is 6.68. The van der Waals surface area contributed by atoms with Crippen LogP contribution in [-0.2, 0) is 0 Å². The maximum atomic E-state index is 12.8. The third-order valence-electron chi connectivity index (χ3n) is 1.87. The molecule has 72 valence electrons. The van der Waals surface area contributed by atoms with Gasteiger partial charge < -0.3 is 4.57 Å². The smallest absolute Gasteiger partial charge is 0.194 e. The molecule has 0 aliphatic carbocycles. The van der Waals surface area contributed by atoms with E-state index >= 15 is 0 Å². The van der Waals surface area contributed by atoms with E-state index in [-0.39, 0.29) is 5.69 Å². The minimum Gasteiger partial charge on any atom is -0.324 e. The Morgan fingerprint density at radius 3 is 1.86 bits per heavy atom. The van der Waals surface area contributed by atoms with Crippen LogP contribution in [0.2, 0.25) is 0 Å². The van der Waals surface area contributed by atoms with Crippen molar-refractivity contribution in [2.75, 3.05) is 0 Å². The third-order valence-corrected chi connectivity index (χ3v) is 1.87. The van der Waals surface area contributed by atoms with Gasteiger partial charge in [-0.25, -0.2) is 13.2 Å². The molecular weight excluding hydrogens is 191 g/mol. The highest BCUT2D eigenvalue weighted by atomic mass is 19.2. The van der Waals surface area contributed by atoms with E-state index in [1.807, 2.05) is 0 Å². The lowest BCUT2D eigenvalue weighted by molar-refractivity contribution is 0.446. The van der Waals surface area contributed by atoms with Crippen molar-refractivity contribution >= 4 is 0 Å². The van der Waals surface area contributed by atoms with Gasteiger partial charge in [-0.2, -0.15) is 0 Å². The van der Waals surface area contributed by atoms with Crippen molar-refractivity contribution in [1.29, 1.82) is 0 Å². The Kier molecular flexibility index (Phi) is 2.04. The van der Waals surface area contributed by atoms with Gasteiger partial charge in [0.1, 0.15) is 0 Å². The van der Waals surface area contributed by atoms with E-state index in [2.05, 4.69) is 0 Å². The Labute approximate surface area is 78.4 Å². The second-order valence-corrected chi connectivity index (χ2v) is 2.81. The second-order valence-electron chi connectivity index (χ2n) is 2.81. The molecule has 14 heavy (non-hydrogen) atoms. The Morgan fingerprint density at radius 2 is 1.36 bits per heavy atom. The molecule has 1 aromatic heterocycles. The van der Waals surface area contributed by atoms with Crippen LogP contribution in [-0.4, -0.2) is 4.57 Å². The molecule has 0 unspecified atom stereocenters. The summed E-state index contributed by atoms with van der Waals surface area (Å²) in [7, 11) is 0. The SMILES string of the molecule is Fc1cc(-n2cccc2)cc(F)c1F. The van der Waals surface area contributed by atoms with Crippen LogP contribution < -0.4 is 0 Å². The van der Waals surface area contributed by atoms with Crippen LogP contribution in [0.3, 0.4) is 0 Å². The number of nitrogens with zero attached hydrogens (tertiary/aromatic N) is 1. The molecule has 2 rings (SSSR count). The molecule has 0 aliphatic heterocycles. The van der Waals surface area contributed by atoms with Gasteiger partial charge in [0.15, 0.2) is 17.5 Å². The van der Waals surface area contributed by atoms with Gasteiger partial charge in [0.25, 0.3) is 0 Å². The Morgan fingerprint density at radius 1 is 0.857 bits per heavy atom. The molecule has 4 heteroatoms. The Hall–Kier alpha value is -1.71. The molecule has 1 aromatic carbocycles. The van der Waals surface area contributed by atoms with Crippen molar-refractivity contribution < 1.29 is 13.2 Å². The van der Waals surface area contributed by atoms with Crippen LogP contribution in [0.4, 0.5) is 13.2 Å². The second kappa shape index (κ2) is 3.21. The van der Waals surface area contributed by atoms with Gasteiger partial charge >= 0.3 is 0 Å². The normalized spacial score (nSPS) is 10.5. The van der Waals surface area contributed by atoms with Crippen LogP contribution >= 0.6 is 0 Å². The molecule has 0 bridgehead atoms. The number of rotatable bonds is 1. The monoisotopic (exact) mass is 197 g/mol. The van der Waals surface area contributed by atoms with Gasteiger partial charge in [-0.15, -0.1) is 0 Å². The molecule has 0 radical (unpaired) electrons. The van der Waals surface area contributed by atoms with Crippen LogP contribution in [0.15, 0.2) is 36.7 Å². The van der Waals surface area contributed by atoms with E-state index in [4.69, 9.17) is 0 Å². The Bertz CT molecular complexity index is 425. The predicted octanol–water partition coefficient (Wildman–Crippen LogP) is 2.89. The summed E-state index contributed by atoms with van der Waals surface area (Å²) in [6.45, 7) is 0. The van der Waals surface area contributed by atoms with Crippen LogP contribution in [0.25, 0.3) is 5.69 Å². The summed E-state index contributed by atoms with van der Waals surface area (Å²) in [6, 6.07) is 5.30. The summed E-state index contributed by atoms with van der Waals surface area (Å²) in [4.78, 5) is 0. The van der Waals surface area contributed by atoms with Gasteiger partial charge in [0, 0.05) is 24.5 Å². The van der Waals surface area contributed by atoms with Crippen molar-refractivity contribution in [2.24, 2.45) is 0 Å². The van der Waals surface area contributed by atoms with E-state index in [9.17, 15) is 13.2 Å². The summed E-state index contributed by atoms with van der Waals surface area (Å²) < 4.78 is 39.7. The van der Waals surface area contributed by atoms with Gasteiger partial charge in [0.2, 0.25) is 0 Å². The lowest BCUT2D eigenvalue weighted by atomic mass is 10.3. The quantitative estimate of drug-likeness (QED) is 0.619. The van der Waals surface area contributed by atoms with Crippen molar-refractivity contribution in [3.05, 3.63) is 54.1 Å². The first kappa shape index (κ1) is 8.87. The number of halogens is 3. The van der Waals surface area contributed by atoms with E-state index in [1.54, 1.807) is 24.5 Å². The summed E-state index contributed by atoms with van der Waals surface area (Å²) in [5, 5.41) is 0. The Balaban J connectivity index is 2.57. The third kappa shape index (κ3) is 1.39. The lowest BCUT2D eigenvalue weighted by Crippen LogP contribution is -1.96. The largest absolute Gasteiger partial charge is 0.324 e. The van der Waals surface area contributed by atoms with Gasteiger partial charge in [-0.1, -0.05) is 0 Å².